The van der Waals surface area contributed by atoms with Gasteiger partial charge in [0.2, 0.25) is 11.7 Å². The van der Waals surface area contributed by atoms with Crippen LogP contribution in [0.25, 0.3) is 0 Å². The summed E-state index contributed by atoms with van der Waals surface area (Å²) in [7, 11) is 0. The van der Waals surface area contributed by atoms with Crippen LogP contribution in [0.5, 0.6) is 0 Å². The average Bonchev–Trinajstić information content (AvgIpc) is 2.67. The Kier molecular flexibility index (Phi) is 7.66. The molecule has 26 heavy (non-hydrogen) atoms. The van der Waals surface area contributed by atoms with E-state index in [1.165, 1.54) is 11.1 Å². The first-order valence-corrected chi connectivity index (χ1v) is 8.89. The fraction of sp³-hybridized carbons (Fsp3) is 0.250. The predicted molar refractivity (Wildman–Crippen MR) is 104 cm³/mol. The van der Waals surface area contributed by atoms with Crippen LogP contribution >= 0.6 is 0 Å². The zero-order chi connectivity index (χ0) is 18.8. The number of hydrogen-bond acceptors (Lipinski definition) is 0. The molecule has 2 rings (SSSR count). The number of rotatable bonds is 4. The van der Waals surface area contributed by atoms with Gasteiger partial charge in [0, 0.05) is 11.1 Å². The van der Waals surface area contributed by atoms with Gasteiger partial charge in [0.1, 0.15) is 0 Å². The Hall–Kier alpha value is -2.84. The highest BCUT2D eigenvalue weighted by Crippen LogP contribution is 2.10. The molecule has 132 valence electrons. The van der Waals surface area contributed by atoms with Crippen molar-refractivity contribution in [3.63, 3.8) is 0 Å². The first-order valence-electron chi connectivity index (χ1n) is 8.89. The summed E-state index contributed by atoms with van der Waals surface area (Å²) in [5.41, 5.74) is 3.70. The van der Waals surface area contributed by atoms with Crippen LogP contribution < -0.4 is 0 Å². The van der Waals surface area contributed by atoms with Crippen LogP contribution in [0.4, 0.5) is 8.78 Å². The topological polar surface area (TPSA) is 0 Å². The Morgan fingerprint density at radius 3 is 1.31 bits per heavy atom. The Balaban J connectivity index is 2.08. The summed E-state index contributed by atoms with van der Waals surface area (Å²) in [5.74, 6) is 7.36. The van der Waals surface area contributed by atoms with E-state index in [-0.39, 0.29) is 0 Å². The maximum Gasteiger partial charge on any atom is 0.217 e. The number of allylic oxidation sites excluding steroid dienone is 2. The number of aryl methyl sites for hydroxylation is 2. The van der Waals surface area contributed by atoms with Crippen molar-refractivity contribution < 1.29 is 8.78 Å². The SMILES string of the molecule is CCCc1ccc(C#C/C(F)=C(\F)C#Cc2ccc(CCC)cc2)cc1. The monoisotopic (exact) mass is 348 g/mol. The summed E-state index contributed by atoms with van der Waals surface area (Å²) in [5, 5.41) is 0. The maximum atomic E-state index is 13.8. The van der Waals surface area contributed by atoms with Crippen LogP contribution in [0.2, 0.25) is 0 Å². The van der Waals surface area contributed by atoms with Gasteiger partial charge in [0.15, 0.2) is 0 Å². The average molecular weight is 348 g/mol. The van der Waals surface area contributed by atoms with Gasteiger partial charge in [0.25, 0.3) is 0 Å². The molecule has 0 aliphatic rings. The largest absolute Gasteiger partial charge is 0.217 e. The minimum absolute atomic E-state index is 0.646. The molecule has 0 amide bonds. The molecule has 0 radical (unpaired) electrons. The molecule has 0 bridgehead atoms. The molecular weight excluding hydrogens is 326 g/mol. The smallest absolute Gasteiger partial charge is 0.193 e. The van der Waals surface area contributed by atoms with E-state index in [2.05, 4.69) is 37.5 Å². The van der Waals surface area contributed by atoms with E-state index in [1.807, 2.05) is 48.5 Å². The minimum Gasteiger partial charge on any atom is -0.193 e. The highest BCUT2D eigenvalue weighted by Gasteiger charge is 1.99. The molecule has 2 heteroatoms. The molecule has 0 nitrogen and oxygen atoms in total. The van der Waals surface area contributed by atoms with E-state index in [1.54, 1.807) is 0 Å². The maximum absolute atomic E-state index is 13.8. The van der Waals surface area contributed by atoms with Gasteiger partial charge in [-0.3, -0.25) is 0 Å². The van der Waals surface area contributed by atoms with Crippen LogP contribution in [0, 0.1) is 23.7 Å². The van der Waals surface area contributed by atoms with Crippen molar-refractivity contribution in [2.75, 3.05) is 0 Å². The molecule has 0 saturated heterocycles. The molecule has 0 atom stereocenters. The molecule has 0 fully saturated rings. The lowest BCUT2D eigenvalue weighted by Gasteiger charge is -1.97. The van der Waals surface area contributed by atoms with Crippen molar-refractivity contribution in [1.29, 1.82) is 0 Å². The lowest BCUT2D eigenvalue weighted by atomic mass is 10.1. The van der Waals surface area contributed by atoms with Crippen molar-refractivity contribution in [2.24, 2.45) is 0 Å². The van der Waals surface area contributed by atoms with Gasteiger partial charge < -0.3 is 0 Å². The number of halogens is 2. The standard InChI is InChI=1S/C24H22F2/c1-3-5-19-7-11-21(12-8-19)15-17-23(25)24(26)18-16-22-13-9-20(6-4-2)10-14-22/h7-14H,3-6H2,1-2H3/b24-23+. The Morgan fingerprint density at radius 1 is 0.654 bits per heavy atom. The van der Waals surface area contributed by atoms with E-state index in [0.717, 1.165) is 25.7 Å². The third kappa shape index (κ3) is 6.23. The predicted octanol–water partition coefficient (Wildman–Crippen LogP) is 6.15. The molecule has 0 N–H and O–H groups in total. The van der Waals surface area contributed by atoms with Gasteiger partial charge >= 0.3 is 0 Å². The molecular formula is C24H22F2. The van der Waals surface area contributed by atoms with Crippen LogP contribution in [-0.4, -0.2) is 0 Å². The summed E-state index contributed by atoms with van der Waals surface area (Å²) in [6.07, 6.45) is 4.11. The first kappa shape index (κ1) is 19.5. The van der Waals surface area contributed by atoms with Crippen LogP contribution in [0.1, 0.15) is 48.9 Å². The minimum atomic E-state index is -1.14. The van der Waals surface area contributed by atoms with Crippen LogP contribution in [-0.2, 0) is 12.8 Å². The van der Waals surface area contributed by atoms with Gasteiger partial charge in [0.05, 0.1) is 0 Å². The molecule has 0 unspecified atom stereocenters. The van der Waals surface area contributed by atoms with Crippen LogP contribution in [0.3, 0.4) is 0 Å². The number of benzene rings is 2. The second-order valence-electron chi connectivity index (χ2n) is 6.02. The molecule has 0 aromatic heterocycles. The van der Waals surface area contributed by atoms with Crippen molar-refractivity contribution >= 4 is 0 Å². The lowest BCUT2D eigenvalue weighted by Crippen LogP contribution is -1.83. The van der Waals surface area contributed by atoms with E-state index < -0.39 is 11.7 Å². The summed E-state index contributed by atoms with van der Waals surface area (Å²) >= 11 is 0. The van der Waals surface area contributed by atoms with Gasteiger partial charge in [-0.15, -0.1) is 0 Å². The Morgan fingerprint density at radius 2 is 1.00 bits per heavy atom. The molecule has 0 saturated carbocycles. The van der Waals surface area contributed by atoms with E-state index in [9.17, 15) is 8.78 Å². The van der Waals surface area contributed by atoms with Gasteiger partial charge in [-0.25, -0.2) is 0 Å². The highest BCUT2D eigenvalue weighted by atomic mass is 19.2. The van der Waals surface area contributed by atoms with Crippen molar-refractivity contribution in [1.82, 2.24) is 0 Å². The van der Waals surface area contributed by atoms with E-state index in [0.29, 0.717) is 11.1 Å². The van der Waals surface area contributed by atoms with Gasteiger partial charge in [-0.05, 0) is 60.1 Å². The van der Waals surface area contributed by atoms with E-state index >= 15 is 0 Å². The molecule has 0 aliphatic heterocycles. The van der Waals surface area contributed by atoms with Crippen molar-refractivity contribution in [3.05, 3.63) is 82.4 Å². The number of hydrogen-bond donors (Lipinski definition) is 0. The fourth-order valence-electron chi connectivity index (χ4n) is 2.45. The zero-order valence-corrected chi connectivity index (χ0v) is 15.2. The fourth-order valence-corrected chi connectivity index (χ4v) is 2.45. The van der Waals surface area contributed by atoms with Crippen LogP contribution in [0.15, 0.2) is 60.2 Å². The third-order valence-corrected chi connectivity index (χ3v) is 3.81. The third-order valence-electron chi connectivity index (χ3n) is 3.81. The summed E-state index contributed by atoms with van der Waals surface area (Å²) in [6.45, 7) is 4.22. The normalized spacial score (nSPS) is 10.9. The molecule has 2 aromatic carbocycles. The quantitative estimate of drug-likeness (QED) is 0.582. The molecule has 0 spiro atoms. The van der Waals surface area contributed by atoms with Crippen molar-refractivity contribution in [3.8, 4) is 23.7 Å². The molecule has 0 aliphatic carbocycles. The molecule has 0 heterocycles. The zero-order valence-electron chi connectivity index (χ0n) is 15.2. The summed E-state index contributed by atoms with van der Waals surface area (Å²) < 4.78 is 27.6. The summed E-state index contributed by atoms with van der Waals surface area (Å²) in [4.78, 5) is 0. The summed E-state index contributed by atoms with van der Waals surface area (Å²) in [6, 6.07) is 15.1. The first-order chi connectivity index (χ1) is 12.6. The second-order valence-corrected chi connectivity index (χ2v) is 6.02. The Labute approximate surface area is 155 Å². The van der Waals surface area contributed by atoms with Gasteiger partial charge in [-0.1, -0.05) is 62.8 Å². The van der Waals surface area contributed by atoms with Crippen molar-refractivity contribution in [2.45, 2.75) is 39.5 Å². The highest BCUT2D eigenvalue weighted by molar-refractivity contribution is 5.45. The van der Waals surface area contributed by atoms with Gasteiger partial charge in [-0.2, -0.15) is 8.78 Å². The van der Waals surface area contributed by atoms with E-state index in [4.69, 9.17) is 0 Å². The second kappa shape index (κ2) is 10.2. The molecule has 2 aromatic rings. The lowest BCUT2D eigenvalue weighted by molar-refractivity contribution is 0.584. The Bertz CT molecular complexity index is 789.